The summed E-state index contributed by atoms with van der Waals surface area (Å²) < 4.78 is 5.34. The van der Waals surface area contributed by atoms with Gasteiger partial charge in [-0.05, 0) is 29.9 Å². The second-order valence-electron chi connectivity index (χ2n) is 8.29. The highest BCUT2D eigenvalue weighted by Crippen LogP contribution is 2.22. The molecule has 1 aromatic heterocycles. The molecule has 32 heavy (non-hydrogen) atoms. The molecule has 7 nitrogen and oxygen atoms in total. The molecular weight excluding hydrogens is 426 g/mol. The van der Waals surface area contributed by atoms with Crippen LogP contribution in [-0.4, -0.2) is 78.4 Å². The molecule has 3 heterocycles. The molecule has 0 N–H and O–H groups in total. The van der Waals surface area contributed by atoms with Gasteiger partial charge in [0.2, 0.25) is 0 Å². The van der Waals surface area contributed by atoms with Crippen LogP contribution in [-0.2, 0) is 20.9 Å². The zero-order valence-electron chi connectivity index (χ0n) is 18.2. The number of rotatable bonds is 6. The van der Waals surface area contributed by atoms with Crippen molar-refractivity contribution in [3.63, 3.8) is 0 Å². The average molecular weight is 456 g/mol. The molecular formula is C24H29N3O4S. The number of carbonyl (C=O) groups is 3. The predicted octanol–water partition coefficient (Wildman–Crippen LogP) is 2.49. The summed E-state index contributed by atoms with van der Waals surface area (Å²) in [6.07, 6.45) is 1.14. The van der Waals surface area contributed by atoms with E-state index < -0.39 is 0 Å². The number of piperazine rings is 1. The first-order valence-electron chi connectivity index (χ1n) is 11.1. The highest BCUT2D eigenvalue weighted by atomic mass is 32.1. The summed E-state index contributed by atoms with van der Waals surface area (Å²) in [4.78, 5) is 44.0. The van der Waals surface area contributed by atoms with Crippen LogP contribution in [0.4, 0.5) is 0 Å². The number of thiophene rings is 1. The number of amides is 2. The van der Waals surface area contributed by atoms with Gasteiger partial charge in [-0.1, -0.05) is 36.4 Å². The van der Waals surface area contributed by atoms with Crippen LogP contribution in [0.3, 0.4) is 0 Å². The Kier molecular flexibility index (Phi) is 7.55. The molecule has 0 atom stereocenters. The smallest absolute Gasteiger partial charge is 0.309 e. The molecule has 0 unspecified atom stereocenters. The molecule has 0 aliphatic carbocycles. The maximum atomic E-state index is 12.5. The SMILES string of the molecule is O=C(OCC(=O)N1CCN(Cc2ccccc2)CC1)C1CCN(C(=O)c2cccs2)CC1. The number of benzene rings is 1. The van der Waals surface area contributed by atoms with Gasteiger partial charge < -0.3 is 14.5 Å². The van der Waals surface area contributed by atoms with Gasteiger partial charge >= 0.3 is 5.97 Å². The molecule has 2 aliphatic heterocycles. The van der Waals surface area contributed by atoms with Crippen LogP contribution >= 0.6 is 11.3 Å². The topological polar surface area (TPSA) is 70.2 Å². The van der Waals surface area contributed by atoms with Gasteiger partial charge in [0.25, 0.3) is 11.8 Å². The minimum atomic E-state index is -0.329. The quantitative estimate of drug-likeness (QED) is 0.626. The minimum absolute atomic E-state index is 0.0217. The molecule has 1 aromatic carbocycles. The van der Waals surface area contributed by atoms with E-state index in [-0.39, 0.29) is 30.3 Å². The van der Waals surface area contributed by atoms with Crippen LogP contribution in [0.25, 0.3) is 0 Å². The van der Waals surface area contributed by atoms with Crippen molar-refractivity contribution in [2.75, 3.05) is 45.9 Å². The van der Waals surface area contributed by atoms with Crippen molar-refractivity contribution < 1.29 is 19.1 Å². The van der Waals surface area contributed by atoms with Crippen LogP contribution in [0.1, 0.15) is 28.1 Å². The van der Waals surface area contributed by atoms with Crippen molar-refractivity contribution in [2.45, 2.75) is 19.4 Å². The van der Waals surface area contributed by atoms with Crippen LogP contribution in [0.5, 0.6) is 0 Å². The van der Waals surface area contributed by atoms with E-state index in [0.717, 1.165) is 24.5 Å². The first kappa shape index (κ1) is 22.5. The summed E-state index contributed by atoms with van der Waals surface area (Å²) in [7, 11) is 0. The second kappa shape index (κ2) is 10.7. The van der Waals surface area contributed by atoms with Crippen LogP contribution < -0.4 is 0 Å². The zero-order valence-corrected chi connectivity index (χ0v) is 19.0. The molecule has 2 aliphatic rings. The third-order valence-corrected chi connectivity index (χ3v) is 7.02. The number of esters is 1. The molecule has 170 valence electrons. The fraction of sp³-hybridized carbons (Fsp3) is 0.458. The molecule has 2 saturated heterocycles. The Bertz CT molecular complexity index is 903. The van der Waals surface area contributed by atoms with Gasteiger partial charge in [0, 0.05) is 45.8 Å². The van der Waals surface area contributed by atoms with Gasteiger partial charge in [-0.15, -0.1) is 11.3 Å². The van der Waals surface area contributed by atoms with Crippen LogP contribution in [0.2, 0.25) is 0 Å². The number of nitrogens with zero attached hydrogens (tertiary/aromatic N) is 3. The summed E-state index contributed by atoms with van der Waals surface area (Å²) in [5.41, 5.74) is 1.27. The third-order valence-electron chi connectivity index (χ3n) is 6.16. The Balaban J connectivity index is 1.15. The van der Waals surface area contributed by atoms with Crippen molar-refractivity contribution >= 4 is 29.1 Å². The molecule has 0 saturated carbocycles. The number of piperidine rings is 1. The van der Waals surface area contributed by atoms with Gasteiger partial charge in [-0.25, -0.2) is 0 Å². The Morgan fingerprint density at radius 2 is 1.59 bits per heavy atom. The standard InChI is InChI=1S/C24H29N3O4S/c28-22(26-14-12-25(13-15-26)17-19-5-2-1-3-6-19)18-31-24(30)20-8-10-27(11-9-20)23(29)21-7-4-16-32-21/h1-7,16,20H,8-15,17-18H2. The van der Waals surface area contributed by atoms with Crippen molar-refractivity contribution in [2.24, 2.45) is 5.92 Å². The predicted molar refractivity (Wildman–Crippen MR) is 122 cm³/mol. The molecule has 8 heteroatoms. The monoisotopic (exact) mass is 455 g/mol. The van der Waals surface area contributed by atoms with Gasteiger partial charge in [0.1, 0.15) is 0 Å². The highest BCUT2D eigenvalue weighted by molar-refractivity contribution is 7.12. The van der Waals surface area contributed by atoms with Crippen LogP contribution in [0, 0.1) is 5.92 Å². The number of hydrogen-bond donors (Lipinski definition) is 0. The second-order valence-corrected chi connectivity index (χ2v) is 9.24. The Hall–Kier alpha value is -2.71. The number of carbonyl (C=O) groups excluding carboxylic acids is 3. The maximum Gasteiger partial charge on any atom is 0.309 e. The Labute approximate surface area is 192 Å². The van der Waals surface area contributed by atoms with E-state index in [2.05, 4.69) is 17.0 Å². The van der Waals surface area contributed by atoms with Gasteiger partial charge in [0.15, 0.2) is 6.61 Å². The van der Waals surface area contributed by atoms with E-state index in [1.165, 1.54) is 16.9 Å². The van der Waals surface area contributed by atoms with Gasteiger partial charge in [-0.3, -0.25) is 19.3 Å². The Morgan fingerprint density at radius 3 is 2.25 bits per heavy atom. The lowest BCUT2D eigenvalue weighted by atomic mass is 9.97. The molecule has 0 radical (unpaired) electrons. The van der Waals surface area contributed by atoms with E-state index in [4.69, 9.17) is 4.74 Å². The molecule has 2 amide bonds. The minimum Gasteiger partial charge on any atom is -0.455 e. The molecule has 2 fully saturated rings. The summed E-state index contributed by atoms with van der Waals surface area (Å²) in [5.74, 6) is -0.696. The Morgan fingerprint density at radius 1 is 0.875 bits per heavy atom. The van der Waals surface area contributed by atoms with Crippen molar-refractivity contribution in [3.8, 4) is 0 Å². The largest absolute Gasteiger partial charge is 0.455 e. The lowest BCUT2D eigenvalue weighted by Crippen LogP contribution is -2.49. The lowest BCUT2D eigenvalue weighted by Gasteiger charge is -2.35. The van der Waals surface area contributed by atoms with Crippen molar-refractivity contribution in [3.05, 3.63) is 58.3 Å². The molecule has 0 bridgehead atoms. The maximum absolute atomic E-state index is 12.5. The summed E-state index contributed by atoms with van der Waals surface area (Å²) >= 11 is 1.43. The van der Waals surface area contributed by atoms with E-state index in [1.54, 1.807) is 9.80 Å². The van der Waals surface area contributed by atoms with Crippen LogP contribution in [0.15, 0.2) is 47.8 Å². The van der Waals surface area contributed by atoms with Gasteiger partial charge in [-0.2, -0.15) is 0 Å². The molecule has 4 rings (SSSR count). The molecule has 2 aromatic rings. The summed E-state index contributed by atoms with van der Waals surface area (Å²) in [6, 6.07) is 14.0. The van der Waals surface area contributed by atoms with E-state index >= 15 is 0 Å². The fourth-order valence-electron chi connectivity index (χ4n) is 4.21. The highest BCUT2D eigenvalue weighted by Gasteiger charge is 2.30. The first-order valence-corrected chi connectivity index (χ1v) is 12.0. The number of likely N-dealkylation sites (tertiary alicyclic amines) is 1. The van der Waals surface area contributed by atoms with E-state index in [9.17, 15) is 14.4 Å². The first-order chi connectivity index (χ1) is 15.6. The number of hydrogen-bond acceptors (Lipinski definition) is 6. The summed E-state index contributed by atoms with van der Waals surface area (Å²) in [5, 5.41) is 1.89. The van der Waals surface area contributed by atoms with Crippen molar-refractivity contribution in [1.82, 2.24) is 14.7 Å². The molecule has 0 spiro atoms. The lowest BCUT2D eigenvalue weighted by molar-refractivity contribution is -0.157. The fourth-order valence-corrected chi connectivity index (χ4v) is 4.90. The van der Waals surface area contributed by atoms with Gasteiger partial charge in [0.05, 0.1) is 10.8 Å². The van der Waals surface area contributed by atoms with E-state index in [1.807, 2.05) is 35.7 Å². The van der Waals surface area contributed by atoms with E-state index in [0.29, 0.717) is 39.0 Å². The average Bonchev–Trinajstić information content (AvgIpc) is 3.38. The van der Waals surface area contributed by atoms with Crippen molar-refractivity contribution in [1.29, 1.82) is 0 Å². The third kappa shape index (κ3) is 5.75. The normalized spacial score (nSPS) is 17.9. The summed E-state index contributed by atoms with van der Waals surface area (Å²) in [6.45, 7) is 4.66. The number of ether oxygens (including phenoxy) is 1. The zero-order chi connectivity index (χ0) is 22.3.